The molecule has 1 fully saturated rings. The molecule has 2 aliphatic rings. The van der Waals surface area contributed by atoms with E-state index in [9.17, 15) is 9.59 Å². The third kappa shape index (κ3) is 2.56. The number of hydrogen-bond donors (Lipinski definition) is 1. The van der Waals surface area contributed by atoms with E-state index in [0.717, 1.165) is 19.4 Å². The van der Waals surface area contributed by atoms with Crippen molar-refractivity contribution in [3.63, 3.8) is 0 Å². The van der Waals surface area contributed by atoms with Gasteiger partial charge in [0.15, 0.2) is 6.67 Å². The summed E-state index contributed by atoms with van der Waals surface area (Å²) in [6.07, 6.45) is 2.18. The first-order chi connectivity index (χ1) is 11.6. The third-order valence-electron chi connectivity index (χ3n) is 4.74. The molecule has 124 valence electrons. The Balaban J connectivity index is 1.60. The summed E-state index contributed by atoms with van der Waals surface area (Å²) in [4.78, 5) is 29.2. The Morgan fingerprint density at radius 2 is 1.83 bits per heavy atom. The zero-order chi connectivity index (χ0) is 16.8. The van der Waals surface area contributed by atoms with Crippen LogP contribution in [0.3, 0.4) is 0 Å². The van der Waals surface area contributed by atoms with E-state index in [4.69, 9.17) is 23.2 Å². The smallest absolute Gasteiger partial charge is 0.266 e. The van der Waals surface area contributed by atoms with Crippen molar-refractivity contribution in [2.45, 2.75) is 18.9 Å². The molecule has 3 heterocycles. The summed E-state index contributed by atoms with van der Waals surface area (Å²) in [6, 6.07) is 7.51. The fourth-order valence-electron chi connectivity index (χ4n) is 3.56. The van der Waals surface area contributed by atoms with Gasteiger partial charge in [-0.2, -0.15) is 0 Å². The number of thiophene rings is 1. The van der Waals surface area contributed by atoms with Crippen LogP contribution < -0.4 is 4.90 Å². The van der Waals surface area contributed by atoms with Gasteiger partial charge >= 0.3 is 0 Å². The number of likely N-dealkylation sites (tertiary alicyclic amines) is 1. The Kier molecular flexibility index (Phi) is 4.12. The van der Waals surface area contributed by atoms with Gasteiger partial charge in [0.2, 0.25) is 0 Å². The van der Waals surface area contributed by atoms with Gasteiger partial charge in [-0.15, -0.1) is 11.3 Å². The largest absolute Gasteiger partial charge is 0.311 e. The Bertz CT molecular complexity index is 781. The fourth-order valence-corrected chi connectivity index (χ4v) is 4.81. The molecule has 2 atom stereocenters. The number of fused-ring (bicyclic) bond motifs is 1. The second-order valence-corrected chi connectivity index (χ2v) is 7.92. The number of hydrogen-bond acceptors (Lipinski definition) is 3. The molecule has 0 saturated carbocycles. The van der Waals surface area contributed by atoms with Crippen LogP contribution in [0, 0.1) is 0 Å². The summed E-state index contributed by atoms with van der Waals surface area (Å²) in [7, 11) is 0. The van der Waals surface area contributed by atoms with Gasteiger partial charge in [-0.3, -0.25) is 9.59 Å². The predicted molar refractivity (Wildman–Crippen MR) is 94.0 cm³/mol. The van der Waals surface area contributed by atoms with Crippen LogP contribution in [-0.2, 0) is 0 Å². The van der Waals surface area contributed by atoms with Gasteiger partial charge in [-0.25, -0.2) is 4.90 Å². The number of carbonyl (C=O) groups excluding carboxylic acids is 2. The van der Waals surface area contributed by atoms with Gasteiger partial charge < -0.3 is 4.90 Å². The zero-order valence-corrected chi connectivity index (χ0v) is 15.0. The molecule has 7 heteroatoms. The lowest BCUT2D eigenvalue weighted by Gasteiger charge is -2.24. The molecular weight excluding hydrogens is 367 g/mol. The molecule has 0 radical (unpaired) electrons. The molecule has 4 nitrogen and oxygen atoms in total. The van der Waals surface area contributed by atoms with E-state index in [-0.39, 0.29) is 11.8 Å². The van der Waals surface area contributed by atoms with E-state index in [1.807, 2.05) is 6.07 Å². The van der Waals surface area contributed by atoms with Gasteiger partial charge in [-0.05, 0) is 23.6 Å². The second-order valence-electron chi connectivity index (χ2n) is 6.13. The van der Waals surface area contributed by atoms with Crippen LogP contribution >= 0.6 is 34.5 Å². The van der Waals surface area contributed by atoms with Crippen molar-refractivity contribution in [1.29, 1.82) is 0 Å². The van der Waals surface area contributed by atoms with Gasteiger partial charge in [0.1, 0.15) is 6.04 Å². The number of carbonyl (C=O) groups is 2. The van der Waals surface area contributed by atoms with Crippen molar-refractivity contribution in [2.24, 2.45) is 0 Å². The van der Waals surface area contributed by atoms with Crippen molar-refractivity contribution >= 4 is 46.4 Å². The molecule has 1 saturated heterocycles. The van der Waals surface area contributed by atoms with E-state index < -0.39 is 0 Å². The van der Waals surface area contributed by atoms with E-state index in [0.29, 0.717) is 33.9 Å². The third-order valence-corrected chi connectivity index (χ3v) is 6.45. The van der Waals surface area contributed by atoms with Crippen LogP contribution in [0.1, 0.15) is 44.5 Å². The number of imide groups is 1. The zero-order valence-electron chi connectivity index (χ0n) is 12.7. The maximum atomic E-state index is 12.6. The minimum atomic E-state index is -0.280. The van der Waals surface area contributed by atoms with E-state index in [1.165, 1.54) is 26.8 Å². The first kappa shape index (κ1) is 16.1. The normalized spacial score (nSPS) is 23.2. The standard InChI is InChI=1S/C17H14Cl2N2O2S/c18-12-7-10-11(8-13(12)19)17(23)21(16(10)22)9-20-5-1-3-14(20)15-4-2-6-24-15/h2,4,6-8,14H,1,3,5,9H2/p+1/t14-/m0/s1. The predicted octanol–water partition coefficient (Wildman–Crippen LogP) is 3.03. The number of benzene rings is 1. The summed E-state index contributed by atoms with van der Waals surface area (Å²) >= 11 is 13.7. The summed E-state index contributed by atoms with van der Waals surface area (Å²) in [5.41, 5.74) is 0.696. The molecule has 1 N–H and O–H groups in total. The molecule has 4 rings (SSSR count). The Morgan fingerprint density at radius 3 is 2.42 bits per heavy atom. The maximum Gasteiger partial charge on any atom is 0.266 e. The van der Waals surface area contributed by atoms with E-state index in [2.05, 4.69) is 11.4 Å². The van der Waals surface area contributed by atoms with Crippen molar-refractivity contribution in [3.8, 4) is 0 Å². The van der Waals surface area contributed by atoms with Crippen molar-refractivity contribution in [3.05, 3.63) is 55.7 Å². The number of nitrogens with one attached hydrogen (secondary N) is 1. The Hall–Kier alpha value is -1.40. The van der Waals surface area contributed by atoms with Crippen LogP contribution in [-0.4, -0.2) is 29.9 Å². The van der Waals surface area contributed by atoms with Crippen molar-refractivity contribution < 1.29 is 14.5 Å². The highest BCUT2D eigenvalue weighted by atomic mass is 35.5. The van der Waals surface area contributed by atoms with Crippen LogP contribution in [0.5, 0.6) is 0 Å². The molecule has 2 aromatic rings. The van der Waals surface area contributed by atoms with Gasteiger partial charge in [0, 0.05) is 12.8 Å². The SMILES string of the molecule is O=C1c2cc(Cl)c(Cl)cc2C(=O)N1C[NH+]1CCC[C@H]1c1cccs1. The molecular formula is C17H15Cl2N2O2S+. The van der Waals surface area contributed by atoms with Crippen LogP contribution in [0.15, 0.2) is 29.6 Å². The highest BCUT2D eigenvalue weighted by Gasteiger charge is 2.41. The lowest BCUT2D eigenvalue weighted by atomic mass is 10.1. The molecule has 0 bridgehead atoms. The maximum absolute atomic E-state index is 12.6. The minimum Gasteiger partial charge on any atom is -0.311 e. The average Bonchev–Trinajstić information content (AvgIpc) is 3.27. The molecule has 1 unspecified atom stereocenters. The number of quaternary nitrogens is 1. The molecule has 0 aliphatic carbocycles. The number of halogens is 2. The monoisotopic (exact) mass is 381 g/mol. The van der Waals surface area contributed by atoms with E-state index in [1.54, 1.807) is 11.3 Å². The average molecular weight is 382 g/mol. The van der Waals surface area contributed by atoms with Gasteiger partial charge in [0.05, 0.1) is 32.6 Å². The fraction of sp³-hybridized carbons (Fsp3) is 0.294. The minimum absolute atomic E-state index is 0.280. The highest BCUT2D eigenvalue weighted by molar-refractivity contribution is 7.10. The molecule has 0 spiro atoms. The molecule has 2 aliphatic heterocycles. The first-order valence-electron chi connectivity index (χ1n) is 7.79. The summed E-state index contributed by atoms with van der Waals surface area (Å²) < 4.78 is 0. The molecule has 1 aromatic heterocycles. The summed E-state index contributed by atoms with van der Waals surface area (Å²) in [5.74, 6) is -0.559. The highest BCUT2D eigenvalue weighted by Crippen LogP contribution is 2.31. The van der Waals surface area contributed by atoms with Crippen LogP contribution in [0.25, 0.3) is 0 Å². The molecule has 1 aromatic carbocycles. The molecule has 2 amide bonds. The van der Waals surface area contributed by atoms with Gasteiger partial charge in [-0.1, -0.05) is 29.3 Å². The topological polar surface area (TPSA) is 41.8 Å². The first-order valence-corrected chi connectivity index (χ1v) is 9.43. The summed E-state index contributed by atoms with van der Waals surface area (Å²) in [5, 5.41) is 2.66. The summed E-state index contributed by atoms with van der Waals surface area (Å²) in [6.45, 7) is 1.33. The Labute approximate surface area is 153 Å². The van der Waals surface area contributed by atoms with Crippen molar-refractivity contribution in [2.75, 3.05) is 13.2 Å². The lowest BCUT2D eigenvalue weighted by molar-refractivity contribution is -0.925. The van der Waals surface area contributed by atoms with Gasteiger partial charge in [0.25, 0.3) is 11.8 Å². The number of rotatable bonds is 3. The van der Waals surface area contributed by atoms with Crippen molar-refractivity contribution in [1.82, 2.24) is 4.90 Å². The van der Waals surface area contributed by atoms with E-state index >= 15 is 0 Å². The Morgan fingerprint density at radius 1 is 1.17 bits per heavy atom. The van der Waals surface area contributed by atoms with Crippen LogP contribution in [0.4, 0.5) is 0 Å². The second kappa shape index (κ2) is 6.15. The lowest BCUT2D eigenvalue weighted by Crippen LogP contribution is -3.12. The van der Waals surface area contributed by atoms with Crippen LogP contribution in [0.2, 0.25) is 10.0 Å². The molecule has 24 heavy (non-hydrogen) atoms. The number of nitrogens with zero attached hydrogens (tertiary/aromatic N) is 1. The quantitative estimate of drug-likeness (QED) is 0.830. The number of amides is 2.